The number of nitro groups is 1. The van der Waals surface area contributed by atoms with Gasteiger partial charge in [-0.05, 0) is 22.8 Å². The first-order valence-corrected chi connectivity index (χ1v) is 6.96. The van der Waals surface area contributed by atoms with E-state index in [1.54, 1.807) is 18.0 Å². The standard InChI is InChI=1S/C13H16N6O4/c1-18(6-2-4-14)10-8-9(15-5-3-7-20)13(19(21)22)12-11(10)16-23-17-12/h8,15,20H,2-3,5-7H2,1H3. The molecule has 0 aliphatic heterocycles. The molecule has 0 atom stereocenters. The van der Waals surface area contributed by atoms with Gasteiger partial charge in [0, 0.05) is 26.7 Å². The van der Waals surface area contributed by atoms with E-state index in [0.717, 1.165) is 0 Å². The minimum atomic E-state index is -0.549. The van der Waals surface area contributed by atoms with Gasteiger partial charge in [0.25, 0.3) is 0 Å². The van der Waals surface area contributed by atoms with Crippen molar-refractivity contribution >= 4 is 28.1 Å². The van der Waals surface area contributed by atoms with Crippen LogP contribution in [0.15, 0.2) is 10.7 Å². The van der Waals surface area contributed by atoms with Crippen molar-refractivity contribution < 1.29 is 14.7 Å². The molecule has 2 aromatic rings. The van der Waals surface area contributed by atoms with Crippen LogP contribution >= 0.6 is 0 Å². The molecule has 2 rings (SSSR count). The Morgan fingerprint density at radius 3 is 2.91 bits per heavy atom. The van der Waals surface area contributed by atoms with Crippen LogP contribution in [0.5, 0.6) is 0 Å². The minimum Gasteiger partial charge on any atom is -0.396 e. The Hall–Kier alpha value is -2.93. The van der Waals surface area contributed by atoms with Gasteiger partial charge >= 0.3 is 5.69 Å². The molecule has 0 aliphatic carbocycles. The number of aliphatic hydroxyl groups excluding tert-OH is 1. The molecule has 10 nitrogen and oxygen atoms in total. The third-order valence-corrected chi connectivity index (χ3v) is 3.29. The lowest BCUT2D eigenvalue weighted by Gasteiger charge is -2.19. The number of aromatic nitrogens is 2. The SMILES string of the molecule is CN(CCC#N)c1cc(NCCCO)c([N+](=O)[O-])c2nonc12. The zero-order chi connectivity index (χ0) is 16.8. The second-order valence-corrected chi connectivity index (χ2v) is 4.84. The summed E-state index contributed by atoms with van der Waals surface area (Å²) in [5, 5.41) is 39.2. The van der Waals surface area contributed by atoms with Crippen LogP contribution in [-0.2, 0) is 0 Å². The van der Waals surface area contributed by atoms with Crippen molar-refractivity contribution in [2.24, 2.45) is 0 Å². The normalized spacial score (nSPS) is 10.5. The monoisotopic (exact) mass is 320 g/mol. The molecule has 2 N–H and O–H groups in total. The molecule has 0 spiro atoms. The summed E-state index contributed by atoms with van der Waals surface area (Å²) < 4.78 is 4.67. The third-order valence-electron chi connectivity index (χ3n) is 3.29. The van der Waals surface area contributed by atoms with E-state index in [2.05, 4.69) is 20.3 Å². The van der Waals surface area contributed by atoms with Gasteiger partial charge in [-0.1, -0.05) is 0 Å². The fourth-order valence-corrected chi connectivity index (χ4v) is 2.16. The summed E-state index contributed by atoms with van der Waals surface area (Å²) in [5.74, 6) is 0. The quantitative estimate of drug-likeness (QED) is 0.417. The topological polar surface area (TPSA) is 141 Å². The molecular formula is C13H16N6O4. The van der Waals surface area contributed by atoms with Gasteiger partial charge in [0.15, 0.2) is 5.52 Å². The Balaban J connectivity index is 2.51. The number of benzene rings is 1. The van der Waals surface area contributed by atoms with Crippen molar-refractivity contribution in [3.8, 4) is 6.07 Å². The summed E-state index contributed by atoms with van der Waals surface area (Å²) in [6.45, 7) is 0.783. The molecule has 122 valence electrons. The zero-order valence-electron chi connectivity index (χ0n) is 12.5. The van der Waals surface area contributed by atoms with E-state index < -0.39 is 4.92 Å². The van der Waals surface area contributed by atoms with E-state index in [4.69, 9.17) is 10.4 Å². The molecule has 0 unspecified atom stereocenters. The Morgan fingerprint density at radius 2 is 2.26 bits per heavy atom. The molecule has 1 aromatic carbocycles. The Bertz CT molecular complexity index is 738. The maximum absolute atomic E-state index is 11.4. The minimum absolute atomic E-state index is 0.0243. The van der Waals surface area contributed by atoms with Crippen molar-refractivity contribution in [1.82, 2.24) is 10.3 Å². The molecular weight excluding hydrogens is 304 g/mol. The molecule has 0 bridgehead atoms. The highest BCUT2D eigenvalue weighted by atomic mass is 16.6. The van der Waals surface area contributed by atoms with E-state index in [0.29, 0.717) is 31.6 Å². The van der Waals surface area contributed by atoms with E-state index in [1.807, 2.05) is 6.07 Å². The van der Waals surface area contributed by atoms with Gasteiger partial charge in [0.2, 0.25) is 5.52 Å². The lowest BCUT2D eigenvalue weighted by molar-refractivity contribution is -0.382. The van der Waals surface area contributed by atoms with Crippen LogP contribution in [0.4, 0.5) is 17.1 Å². The predicted octanol–water partition coefficient (Wildman–Crippen LogP) is 1.28. The van der Waals surface area contributed by atoms with Gasteiger partial charge in [0.1, 0.15) is 5.69 Å². The van der Waals surface area contributed by atoms with Crippen molar-refractivity contribution in [1.29, 1.82) is 5.26 Å². The average Bonchev–Trinajstić information content (AvgIpc) is 3.00. The molecule has 1 aromatic heterocycles. The predicted molar refractivity (Wildman–Crippen MR) is 82.2 cm³/mol. The van der Waals surface area contributed by atoms with Crippen molar-refractivity contribution in [3.63, 3.8) is 0 Å². The lowest BCUT2D eigenvalue weighted by atomic mass is 10.1. The zero-order valence-corrected chi connectivity index (χ0v) is 12.5. The number of nitrogens with one attached hydrogen (secondary N) is 1. The van der Waals surface area contributed by atoms with E-state index in [-0.39, 0.29) is 29.0 Å². The molecule has 23 heavy (non-hydrogen) atoms. The number of nitrogens with zero attached hydrogens (tertiary/aromatic N) is 5. The summed E-state index contributed by atoms with van der Waals surface area (Å²) in [5.41, 5.74) is 0.934. The van der Waals surface area contributed by atoms with Crippen LogP contribution in [0.25, 0.3) is 11.0 Å². The van der Waals surface area contributed by atoms with Gasteiger partial charge < -0.3 is 15.3 Å². The van der Waals surface area contributed by atoms with Gasteiger partial charge in [-0.3, -0.25) is 10.1 Å². The molecule has 10 heteroatoms. The first-order chi connectivity index (χ1) is 11.1. The van der Waals surface area contributed by atoms with E-state index in [1.165, 1.54) is 0 Å². The highest BCUT2D eigenvalue weighted by molar-refractivity contribution is 5.99. The first-order valence-electron chi connectivity index (χ1n) is 6.96. The maximum Gasteiger partial charge on any atom is 0.323 e. The Labute approximate surface area is 131 Å². The van der Waals surface area contributed by atoms with E-state index in [9.17, 15) is 10.1 Å². The fraction of sp³-hybridized carbons (Fsp3) is 0.462. The molecule has 0 radical (unpaired) electrons. The summed E-state index contributed by atoms with van der Waals surface area (Å²) in [6, 6.07) is 3.63. The summed E-state index contributed by atoms with van der Waals surface area (Å²) in [7, 11) is 1.75. The third kappa shape index (κ3) is 3.46. The molecule has 0 saturated carbocycles. The summed E-state index contributed by atoms with van der Waals surface area (Å²) in [6.07, 6.45) is 0.749. The van der Waals surface area contributed by atoms with Crippen LogP contribution in [-0.4, -0.2) is 47.1 Å². The van der Waals surface area contributed by atoms with Gasteiger partial charge in [-0.15, -0.1) is 0 Å². The first kappa shape index (κ1) is 16.4. The van der Waals surface area contributed by atoms with Crippen LogP contribution in [0.1, 0.15) is 12.8 Å². The highest BCUT2D eigenvalue weighted by Gasteiger charge is 2.26. The molecule has 0 fully saturated rings. The second kappa shape index (κ2) is 7.37. The van der Waals surface area contributed by atoms with Gasteiger partial charge in [0.05, 0.1) is 23.1 Å². The number of aliphatic hydroxyl groups is 1. The number of nitro benzene ring substituents is 1. The number of nitriles is 1. The Morgan fingerprint density at radius 1 is 1.52 bits per heavy atom. The van der Waals surface area contributed by atoms with E-state index >= 15 is 0 Å². The average molecular weight is 320 g/mol. The number of anilines is 2. The van der Waals surface area contributed by atoms with Crippen molar-refractivity contribution in [2.75, 3.05) is 37.0 Å². The van der Waals surface area contributed by atoms with Crippen LogP contribution in [0.3, 0.4) is 0 Å². The number of hydrogen-bond donors (Lipinski definition) is 2. The van der Waals surface area contributed by atoms with Gasteiger partial charge in [-0.25, -0.2) is 4.63 Å². The summed E-state index contributed by atoms with van der Waals surface area (Å²) in [4.78, 5) is 12.6. The van der Waals surface area contributed by atoms with Crippen LogP contribution in [0, 0.1) is 21.4 Å². The highest BCUT2D eigenvalue weighted by Crippen LogP contribution is 2.38. The number of hydrogen-bond acceptors (Lipinski definition) is 9. The smallest absolute Gasteiger partial charge is 0.323 e. The van der Waals surface area contributed by atoms with Crippen LogP contribution < -0.4 is 10.2 Å². The second-order valence-electron chi connectivity index (χ2n) is 4.84. The lowest BCUT2D eigenvalue weighted by Crippen LogP contribution is -2.19. The Kier molecular flexibility index (Phi) is 5.27. The molecule has 0 saturated heterocycles. The summed E-state index contributed by atoms with van der Waals surface area (Å²) >= 11 is 0. The van der Waals surface area contributed by atoms with Crippen molar-refractivity contribution in [2.45, 2.75) is 12.8 Å². The molecule has 0 amide bonds. The van der Waals surface area contributed by atoms with Crippen LogP contribution in [0.2, 0.25) is 0 Å². The fourth-order valence-electron chi connectivity index (χ4n) is 2.16. The maximum atomic E-state index is 11.4. The molecule has 1 heterocycles. The largest absolute Gasteiger partial charge is 0.396 e. The van der Waals surface area contributed by atoms with Crippen molar-refractivity contribution in [3.05, 3.63) is 16.2 Å². The number of rotatable bonds is 8. The number of fused-ring (bicyclic) bond motifs is 1. The molecule has 0 aliphatic rings. The van der Waals surface area contributed by atoms with Gasteiger partial charge in [-0.2, -0.15) is 5.26 Å².